The molecule has 1 unspecified atom stereocenters. The molecule has 14 heavy (non-hydrogen) atoms. The molecule has 1 rings (SSSR count). The van der Waals surface area contributed by atoms with E-state index in [9.17, 15) is 0 Å². The second-order valence-corrected chi connectivity index (χ2v) is 12.6. The molecule has 0 amide bonds. The molecule has 0 aromatic carbocycles. The van der Waals surface area contributed by atoms with Crippen molar-refractivity contribution in [3.63, 3.8) is 0 Å². The van der Waals surface area contributed by atoms with Crippen molar-refractivity contribution in [2.45, 2.75) is 45.6 Å². The van der Waals surface area contributed by atoms with E-state index >= 15 is 0 Å². The summed E-state index contributed by atoms with van der Waals surface area (Å²) in [5, 5.41) is 0.0349. The quantitative estimate of drug-likeness (QED) is 0.506. The summed E-state index contributed by atoms with van der Waals surface area (Å²) >= 11 is 13.2. The minimum absolute atomic E-state index is 0.0349. The molecule has 0 saturated carbocycles. The summed E-state index contributed by atoms with van der Waals surface area (Å²) in [4.78, 5) is 0. The SMILES string of the molecule is CC1CCCN([Si](Cl)(Cl)C(C)(C)C)C1. The van der Waals surface area contributed by atoms with Crippen molar-refractivity contribution in [3.05, 3.63) is 0 Å². The standard InChI is InChI=1S/C10H21Cl2NSi/c1-9-6-5-7-13(8-9)14(11,12)10(2,3)4/h9H,5-8H2,1-4H3. The van der Waals surface area contributed by atoms with Crippen molar-refractivity contribution in [3.8, 4) is 0 Å². The lowest BCUT2D eigenvalue weighted by Crippen LogP contribution is -2.54. The van der Waals surface area contributed by atoms with Crippen LogP contribution in [0.25, 0.3) is 0 Å². The molecule has 1 heterocycles. The zero-order valence-corrected chi connectivity index (χ0v) is 12.1. The number of halogens is 2. The highest BCUT2D eigenvalue weighted by Gasteiger charge is 2.48. The average molecular weight is 254 g/mol. The van der Waals surface area contributed by atoms with Crippen LogP contribution in [0.5, 0.6) is 0 Å². The molecule has 1 nitrogen and oxygen atoms in total. The maximum absolute atomic E-state index is 6.59. The highest BCUT2D eigenvalue weighted by Crippen LogP contribution is 2.45. The fourth-order valence-electron chi connectivity index (χ4n) is 1.92. The van der Waals surface area contributed by atoms with Crippen LogP contribution in [-0.4, -0.2) is 24.5 Å². The lowest BCUT2D eigenvalue weighted by Gasteiger charge is -2.44. The molecule has 84 valence electrons. The van der Waals surface area contributed by atoms with E-state index in [4.69, 9.17) is 22.2 Å². The lowest BCUT2D eigenvalue weighted by molar-refractivity contribution is 0.275. The number of hydrogen-bond acceptors (Lipinski definition) is 1. The molecule has 1 saturated heterocycles. The van der Waals surface area contributed by atoms with Gasteiger partial charge in [-0.2, -0.15) is 0 Å². The van der Waals surface area contributed by atoms with Gasteiger partial charge in [-0.1, -0.05) is 27.7 Å². The molecule has 0 spiro atoms. The Hall–Kier alpha value is 0.757. The molecule has 1 fully saturated rings. The molecular formula is C10H21Cl2NSi. The Bertz CT molecular complexity index is 201. The van der Waals surface area contributed by atoms with Gasteiger partial charge in [0.2, 0.25) is 0 Å². The lowest BCUT2D eigenvalue weighted by atomic mass is 10.0. The highest BCUT2D eigenvalue weighted by atomic mass is 35.7. The summed E-state index contributed by atoms with van der Waals surface area (Å²) in [7, 11) is 0. The normalized spacial score (nSPS) is 26.6. The van der Waals surface area contributed by atoms with E-state index in [0.717, 1.165) is 19.0 Å². The zero-order valence-electron chi connectivity index (χ0n) is 9.61. The zero-order chi connectivity index (χ0) is 11.0. The molecule has 0 aliphatic carbocycles. The van der Waals surface area contributed by atoms with E-state index in [1.165, 1.54) is 12.8 Å². The maximum Gasteiger partial charge on any atom is 0.330 e. The van der Waals surface area contributed by atoms with Crippen molar-refractivity contribution in [1.29, 1.82) is 0 Å². The van der Waals surface area contributed by atoms with Gasteiger partial charge in [0.15, 0.2) is 0 Å². The molecule has 1 atom stereocenters. The van der Waals surface area contributed by atoms with Crippen LogP contribution < -0.4 is 0 Å². The van der Waals surface area contributed by atoms with Crippen LogP contribution in [0.2, 0.25) is 5.04 Å². The van der Waals surface area contributed by atoms with Crippen molar-refractivity contribution in [2.24, 2.45) is 5.92 Å². The molecule has 0 N–H and O–H groups in total. The largest absolute Gasteiger partial charge is 0.330 e. The summed E-state index contributed by atoms with van der Waals surface area (Å²) in [5.41, 5.74) is 0. The van der Waals surface area contributed by atoms with Gasteiger partial charge in [-0.25, -0.2) is 0 Å². The molecule has 1 aliphatic heterocycles. The van der Waals surface area contributed by atoms with Gasteiger partial charge in [0.05, 0.1) is 0 Å². The Kier molecular flexibility index (Phi) is 3.96. The molecule has 1 aliphatic rings. The average Bonchev–Trinajstić information content (AvgIpc) is 2.02. The maximum atomic E-state index is 6.59. The first-order valence-electron chi connectivity index (χ1n) is 5.38. The second-order valence-electron chi connectivity index (χ2n) is 5.48. The number of hydrogen-bond donors (Lipinski definition) is 0. The smallest absolute Gasteiger partial charge is 0.299 e. The number of rotatable bonds is 1. The van der Waals surface area contributed by atoms with Gasteiger partial charge in [-0.3, -0.25) is 4.57 Å². The third kappa shape index (κ3) is 2.66. The van der Waals surface area contributed by atoms with Crippen molar-refractivity contribution < 1.29 is 0 Å². The van der Waals surface area contributed by atoms with Gasteiger partial charge < -0.3 is 0 Å². The van der Waals surface area contributed by atoms with Gasteiger partial charge in [0.1, 0.15) is 0 Å². The van der Waals surface area contributed by atoms with Crippen LogP contribution in [0.3, 0.4) is 0 Å². The Morgan fingerprint density at radius 1 is 1.29 bits per heavy atom. The van der Waals surface area contributed by atoms with E-state index in [2.05, 4.69) is 32.3 Å². The Balaban J connectivity index is 2.71. The second kappa shape index (κ2) is 4.32. The molecule has 0 radical (unpaired) electrons. The molecule has 0 bridgehead atoms. The predicted molar refractivity (Wildman–Crippen MR) is 67.1 cm³/mol. The van der Waals surface area contributed by atoms with Crippen molar-refractivity contribution in [2.75, 3.05) is 13.1 Å². The van der Waals surface area contributed by atoms with Crippen LogP contribution in [0.4, 0.5) is 0 Å². The minimum Gasteiger partial charge on any atom is -0.299 e. The summed E-state index contributed by atoms with van der Waals surface area (Å²) < 4.78 is 2.35. The van der Waals surface area contributed by atoms with Crippen LogP contribution in [0, 0.1) is 5.92 Å². The Morgan fingerprint density at radius 3 is 2.29 bits per heavy atom. The monoisotopic (exact) mass is 253 g/mol. The topological polar surface area (TPSA) is 3.24 Å². The van der Waals surface area contributed by atoms with E-state index in [1.54, 1.807) is 0 Å². The van der Waals surface area contributed by atoms with Crippen LogP contribution in [0.15, 0.2) is 0 Å². The first kappa shape index (κ1) is 12.8. The van der Waals surface area contributed by atoms with Gasteiger partial charge in [-0.05, 0) is 36.9 Å². The summed E-state index contributed by atoms with van der Waals surface area (Å²) in [6, 6.07) is 0. The molecular weight excluding hydrogens is 233 g/mol. The highest BCUT2D eigenvalue weighted by molar-refractivity contribution is 7.45. The summed E-state index contributed by atoms with van der Waals surface area (Å²) in [5.74, 6) is 0.746. The minimum atomic E-state index is -2.27. The predicted octanol–water partition coefficient (Wildman–Crippen LogP) is 3.93. The number of piperidine rings is 1. The van der Waals surface area contributed by atoms with Crippen LogP contribution in [0.1, 0.15) is 40.5 Å². The Morgan fingerprint density at radius 2 is 1.86 bits per heavy atom. The molecule has 4 heteroatoms. The van der Waals surface area contributed by atoms with Crippen LogP contribution >= 0.6 is 22.2 Å². The van der Waals surface area contributed by atoms with Gasteiger partial charge in [0, 0.05) is 0 Å². The first-order chi connectivity index (χ1) is 6.25. The van der Waals surface area contributed by atoms with Crippen molar-refractivity contribution >= 4 is 29.0 Å². The molecule has 0 aromatic heterocycles. The van der Waals surface area contributed by atoms with E-state index in [0.29, 0.717) is 0 Å². The van der Waals surface area contributed by atoms with E-state index in [1.807, 2.05) is 0 Å². The number of nitrogens with zero attached hydrogens (tertiary/aromatic N) is 1. The van der Waals surface area contributed by atoms with Crippen molar-refractivity contribution in [1.82, 2.24) is 4.57 Å². The summed E-state index contributed by atoms with van der Waals surface area (Å²) in [6.07, 6.45) is 2.56. The van der Waals surface area contributed by atoms with E-state index < -0.39 is 6.86 Å². The molecule has 0 aromatic rings. The fourth-order valence-corrected chi connectivity index (χ4v) is 4.77. The third-order valence-electron chi connectivity index (χ3n) is 2.96. The van der Waals surface area contributed by atoms with Gasteiger partial charge in [-0.15, -0.1) is 22.2 Å². The first-order valence-corrected chi connectivity index (χ1v) is 9.35. The third-order valence-corrected chi connectivity index (χ3v) is 10.8. The van der Waals surface area contributed by atoms with E-state index in [-0.39, 0.29) is 5.04 Å². The summed E-state index contributed by atoms with van der Waals surface area (Å²) in [6.45, 7) is 8.63. The van der Waals surface area contributed by atoms with Crippen LogP contribution in [-0.2, 0) is 0 Å². The Labute approximate surface area is 98.3 Å². The van der Waals surface area contributed by atoms with Gasteiger partial charge >= 0.3 is 6.86 Å². The van der Waals surface area contributed by atoms with Gasteiger partial charge in [0.25, 0.3) is 0 Å². The fraction of sp³-hybridized carbons (Fsp3) is 1.00.